The van der Waals surface area contributed by atoms with Gasteiger partial charge in [0.1, 0.15) is 11.4 Å². The molecule has 1 N–H and O–H groups in total. The van der Waals surface area contributed by atoms with Crippen LogP contribution in [0.25, 0.3) is 32.9 Å². The number of ether oxygens (including phenoxy) is 1. The Labute approximate surface area is 294 Å². The number of aromatic carboxylic acids is 1. The van der Waals surface area contributed by atoms with E-state index in [1.807, 2.05) is 82.9 Å². The fraction of sp³-hybridized carbons (Fsp3) is 0.289. The van der Waals surface area contributed by atoms with Crippen molar-refractivity contribution in [3.8, 4) is 16.9 Å². The van der Waals surface area contributed by atoms with Crippen LogP contribution in [0.4, 0.5) is 0 Å². The number of carbonyl (C=O) groups is 2. The van der Waals surface area contributed by atoms with Crippen LogP contribution in [0.2, 0.25) is 10.0 Å². The lowest BCUT2D eigenvalue weighted by Gasteiger charge is -2.36. The average molecular weight is 699 g/mol. The summed E-state index contributed by atoms with van der Waals surface area (Å²) in [6.45, 7) is 10.9. The van der Waals surface area contributed by atoms with E-state index in [0.29, 0.717) is 42.2 Å². The summed E-state index contributed by atoms with van der Waals surface area (Å²) in [5.74, 6) is -0.433. The lowest BCUT2D eigenvalue weighted by atomic mass is 9.98. The molecular formula is C38H37Cl2N5O4. The van der Waals surface area contributed by atoms with Gasteiger partial charge in [-0.15, -0.1) is 0 Å². The lowest BCUT2D eigenvalue weighted by Crippen LogP contribution is -2.52. The van der Waals surface area contributed by atoms with E-state index < -0.39 is 5.97 Å². The zero-order valence-corrected chi connectivity index (χ0v) is 29.8. The first-order valence-corrected chi connectivity index (χ1v) is 17.0. The SMILES string of the molecule is Cc1cc(OCCCc2c3n(c4c(-c5c(C)nn(C)c5C)c(Cl)ccc24)C[C@@H](C)N(n2ccc4ccc(C(=O)O)cc42)C3=O)cc(C)c1Cl. The normalized spacial score (nSPS) is 14.7. The van der Waals surface area contributed by atoms with E-state index in [-0.39, 0.29) is 17.5 Å². The van der Waals surface area contributed by atoms with E-state index in [2.05, 4.69) is 9.67 Å². The summed E-state index contributed by atoms with van der Waals surface area (Å²) in [5, 5.41) is 19.3. The van der Waals surface area contributed by atoms with Gasteiger partial charge in [-0.25, -0.2) is 9.80 Å². The number of carboxylic acid groups (broad SMARTS) is 1. The van der Waals surface area contributed by atoms with Crippen molar-refractivity contribution in [3.63, 3.8) is 0 Å². The van der Waals surface area contributed by atoms with Gasteiger partial charge in [-0.1, -0.05) is 35.3 Å². The highest BCUT2D eigenvalue weighted by Crippen LogP contribution is 2.43. The smallest absolute Gasteiger partial charge is 0.335 e. The first-order chi connectivity index (χ1) is 23.4. The summed E-state index contributed by atoms with van der Waals surface area (Å²) in [4.78, 5) is 26.7. The highest BCUT2D eigenvalue weighted by atomic mass is 35.5. The molecule has 252 valence electrons. The predicted octanol–water partition coefficient (Wildman–Crippen LogP) is 8.43. The molecule has 0 radical (unpaired) electrons. The topological polar surface area (TPSA) is 94.5 Å². The van der Waals surface area contributed by atoms with Gasteiger partial charge in [-0.05, 0) is 101 Å². The molecule has 0 unspecified atom stereocenters. The summed E-state index contributed by atoms with van der Waals surface area (Å²) in [6.07, 6.45) is 3.07. The number of halogens is 2. The fourth-order valence-electron chi connectivity index (χ4n) is 7.37. The Bertz CT molecular complexity index is 2310. The quantitative estimate of drug-likeness (QED) is 0.161. The molecule has 1 aliphatic heterocycles. The Morgan fingerprint density at radius 2 is 1.76 bits per heavy atom. The van der Waals surface area contributed by atoms with Crippen LogP contribution >= 0.6 is 23.2 Å². The summed E-state index contributed by atoms with van der Waals surface area (Å²) in [5.41, 5.74) is 8.82. The van der Waals surface area contributed by atoms with E-state index >= 15 is 0 Å². The van der Waals surface area contributed by atoms with Gasteiger partial charge >= 0.3 is 5.97 Å². The van der Waals surface area contributed by atoms with Crippen LogP contribution in [-0.4, -0.2) is 48.7 Å². The molecule has 0 aliphatic carbocycles. The van der Waals surface area contributed by atoms with E-state index in [1.54, 1.807) is 27.9 Å². The number of carboxylic acids is 1. The van der Waals surface area contributed by atoms with Crippen molar-refractivity contribution in [2.75, 3.05) is 11.6 Å². The molecule has 49 heavy (non-hydrogen) atoms. The molecule has 0 saturated heterocycles. The molecule has 1 amide bonds. The second-order valence-electron chi connectivity index (χ2n) is 13.0. The van der Waals surface area contributed by atoms with Crippen LogP contribution in [0.5, 0.6) is 5.75 Å². The Hall–Kier alpha value is -4.73. The monoisotopic (exact) mass is 697 g/mol. The van der Waals surface area contributed by atoms with Crippen molar-refractivity contribution in [1.82, 2.24) is 19.0 Å². The molecule has 11 heteroatoms. The number of nitrogens with zero attached hydrogens (tertiary/aromatic N) is 5. The van der Waals surface area contributed by atoms with Crippen molar-refractivity contribution in [3.05, 3.63) is 104 Å². The first kappa shape index (κ1) is 32.8. The fourth-order valence-corrected chi connectivity index (χ4v) is 7.73. The number of aryl methyl sites for hydroxylation is 5. The van der Waals surface area contributed by atoms with Gasteiger partial charge in [-0.3, -0.25) is 14.2 Å². The van der Waals surface area contributed by atoms with Crippen LogP contribution in [0.15, 0.2) is 54.7 Å². The molecule has 0 saturated carbocycles. The minimum Gasteiger partial charge on any atom is -0.494 e. The minimum absolute atomic E-state index is 0.159. The van der Waals surface area contributed by atoms with Gasteiger partial charge in [-0.2, -0.15) is 5.10 Å². The van der Waals surface area contributed by atoms with Gasteiger partial charge in [0, 0.05) is 52.4 Å². The summed E-state index contributed by atoms with van der Waals surface area (Å²) in [6, 6.07) is 14.4. The van der Waals surface area contributed by atoms with Crippen LogP contribution < -0.4 is 9.75 Å². The molecule has 1 atom stereocenters. The van der Waals surface area contributed by atoms with Crippen molar-refractivity contribution in [2.24, 2.45) is 7.05 Å². The molecule has 3 aromatic heterocycles. The largest absolute Gasteiger partial charge is 0.494 e. The van der Waals surface area contributed by atoms with Gasteiger partial charge < -0.3 is 14.4 Å². The van der Waals surface area contributed by atoms with Crippen LogP contribution in [0.3, 0.4) is 0 Å². The van der Waals surface area contributed by atoms with E-state index in [4.69, 9.17) is 27.9 Å². The Kier molecular flexibility index (Phi) is 8.24. The highest BCUT2D eigenvalue weighted by Gasteiger charge is 2.37. The van der Waals surface area contributed by atoms with Crippen LogP contribution in [0, 0.1) is 27.7 Å². The Morgan fingerprint density at radius 1 is 1.02 bits per heavy atom. The number of fused-ring (bicyclic) bond motifs is 4. The average Bonchev–Trinajstić information content (AvgIpc) is 3.69. The third-order valence-corrected chi connectivity index (χ3v) is 10.6. The van der Waals surface area contributed by atoms with E-state index in [1.165, 1.54) is 0 Å². The zero-order chi connectivity index (χ0) is 34.9. The predicted molar refractivity (Wildman–Crippen MR) is 194 cm³/mol. The number of benzene rings is 3. The van der Waals surface area contributed by atoms with Crippen molar-refractivity contribution in [2.45, 2.75) is 60.0 Å². The lowest BCUT2D eigenvalue weighted by molar-refractivity contribution is 0.0696. The van der Waals surface area contributed by atoms with Crippen molar-refractivity contribution < 1.29 is 19.4 Å². The molecule has 1 aliphatic rings. The standard InChI is InChI=1S/C38H37Cl2N5O4/c1-20-16-27(17-21(2)34(20)40)49-15-7-8-28-29-11-12-30(39)33(32-23(4)41-42(6)24(32)5)35(29)43-19-22(3)45(37(46)36(28)43)44-14-13-25-9-10-26(38(47)48)18-31(25)44/h9-14,16-18,22H,7-8,15,19H2,1-6H3,(H,47,48)/t22-/m1/s1. The Balaban J connectivity index is 1.36. The Morgan fingerprint density at radius 3 is 2.43 bits per heavy atom. The van der Waals surface area contributed by atoms with E-state index in [0.717, 1.165) is 66.3 Å². The third kappa shape index (κ3) is 5.36. The molecule has 6 aromatic rings. The maximum absolute atomic E-state index is 14.9. The molecule has 3 aromatic carbocycles. The number of amides is 1. The van der Waals surface area contributed by atoms with Gasteiger partial charge in [0.2, 0.25) is 0 Å². The molecule has 0 spiro atoms. The first-order valence-electron chi connectivity index (χ1n) is 16.3. The second-order valence-corrected chi connectivity index (χ2v) is 13.8. The highest BCUT2D eigenvalue weighted by molar-refractivity contribution is 6.35. The molecule has 9 nitrogen and oxygen atoms in total. The van der Waals surface area contributed by atoms with Crippen molar-refractivity contribution in [1.29, 1.82) is 0 Å². The van der Waals surface area contributed by atoms with Gasteiger partial charge in [0.15, 0.2) is 0 Å². The summed E-state index contributed by atoms with van der Waals surface area (Å²) < 4.78 is 12.0. The van der Waals surface area contributed by atoms with Gasteiger partial charge in [0.05, 0.1) is 40.0 Å². The maximum atomic E-state index is 14.9. The summed E-state index contributed by atoms with van der Waals surface area (Å²) >= 11 is 13.4. The van der Waals surface area contributed by atoms with E-state index in [9.17, 15) is 14.7 Å². The zero-order valence-electron chi connectivity index (χ0n) is 28.3. The summed E-state index contributed by atoms with van der Waals surface area (Å²) in [7, 11) is 1.92. The second kappa shape index (κ2) is 12.3. The minimum atomic E-state index is -1.02. The molecule has 0 fully saturated rings. The number of aromatic nitrogens is 4. The molecule has 7 rings (SSSR count). The third-order valence-electron chi connectivity index (χ3n) is 9.71. The van der Waals surface area contributed by atoms with Crippen molar-refractivity contribution >= 4 is 56.9 Å². The number of carbonyl (C=O) groups excluding carboxylic acids is 1. The van der Waals surface area contributed by atoms with Gasteiger partial charge in [0.25, 0.3) is 5.91 Å². The maximum Gasteiger partial charge on any atom is 0.335 e. The molecule has 0 bridgehead atoms. The number of rotatable bonds is 8. The molecular weight excluding hydrogens is 661 g/mol. The van der Waals surface area contributed by atoms with Crippen LogP contribution in [0.1, 0.15) is 62.3 Å². The number of hydrogen-bond acceptors (Lipinski definition) is 4. The number of hydrogen-bond donors (Lipinski definition) is 1. The van der Waals surface area contributed by atoms with Crippen LogP contribution in [-0.2, 0) is 20.0 Å². The molecule has 4 heterocycles.